The number of aryl methyl sites for hydroxylation is 1. The third-order valence-electron chi connectivity index (χ3n) is 5.29. The van der Waals surface area contributed by atoms with E-state index in [1.165, 1.54) is 10.5 Å². The van der Waals surface area contributed by atoms with Gasteiger partial charge < -0.3 is 5.32 Å². The molecule has 1 aromatic heterocycles. The Labute approximate surface area is 164 Å². The highest BCUT2D eigenvalue weighted by Gasteiger charge is 2.34. The molecule has 2 aromatic carbocycles. The first-order valence-electron chi connectivity index (χ1n) is 9.62. The SMILES string of the molecule is Cc1ccnc2c(NC(C)CCCN3C(=O)c4ccccc4C3=O)cccc12. The molecule has 2 amide bonds. The van der Waals surface area contributed by atoms with Crippen molar-refractivity contribution in [3.8, 4) is 0 Å². The van der Waals surface area contributed by atoms with E-state index in [1.807, 2.05) is 24.4 Å². The molecule has 0 saturated heterocycles. The first-order valence-corrected chi connectivity index (χ1v) is 9.62. The van der Waals surface area contributed by atoms with Crippen LogP contribution in [0.1, 0.15) is 46.0 Å². The van der Waals surface area contributed by atoms with Crippen LogP contribution in [0.3, 0.4) is 0 Å². The molecule has 5 heteroatoms. The number of carbonyl (C=O) groups is 2. The molecule has 0 aliphatic carbocycles. The molecular weight excluding hydrogens is 350 g/mol. The van der Waals surface area contributed by atoms with E-state index in [1.54, 1.807) is 24.3 Å². The topological polar surface area (TPSA) is 62.3 Å². The molecule has 0 radical (unpaired) electrons. The van der Waals surface area contributed by atoms with Crippen molar-refractivity contribution in [1.29, 1.82) is 0 Å². The van der Waals surface area contributed by atoms with E-state index < -0.39 is 0 Å². The summed E-state index contributed by atoms with van der Waals surface area (Å²) in [5.41, 5.74) is 4.20. The second kappa shape index (κ2) is 7.43. The van der Waals surface area contributed by atoms with Crippen molar-refractivity contribution >= 4 is 28.4 Å². The van der Waals surface area contributed by atoms with Crippen molar-refractivity contribution < 1.29 is 9.59 Å². The van der Waals surface area contributed by atoms with E-state index in [0.717, 1.165) is 29.4 Å². The smallest absolute Gasteiger partial charge is 0.261 e. The maximum absolute atomic E-state index is 12.4. The van der Waals surface area contributed by atoms with Crippen molar-refractivity contribution in [2.75, 3.05) is 11.9 Å². The minimum Gasteiger partial charge on any atom is -0.381 e. The second-order valence-electron chi connectivity index (χ2n) is 7.32. The lowest BCUT2D eigenvalue weighted by atomic mass is 10.1. The Hall–Kier alpha value is -3.21. The molecule has 1 aliphatic rings. The van der Waals surface area contributed by atoms with Gasteiger partial charge in [-0.25, -0.2) is 0 Å². The fourth-order valence-corrected chi connectivity index (χ4v) is 3.77. The van der Waals surface area contributed by atoms with E-state index in [0.29, 0.717) is 17.7 Å². The van der Waals surface area contributed by atoms with Crippen LogP contribution < -0.4 is 5.32 Å². The lowest BCUT2D eigenvalue weighted by molar-refractivity contribution is 0.0651. The number of fused-ring (bicyclic) bond motifs is 2. The summed E-state index contributed by atoms with van der Waals surface area (Å²) in [5.74, 6) is -0.370. The van der Waals surface area contributed by atoms with Gasteiger partial charge in [0.15, 0.2) is 0 Å². The molecule has 2 heterocycles. The predicted molar refractivity (Wildman–Crippen MR) is 111 cm³/mol. The molecule has 0 fully saturated rings. The molecule has 142 valence electrons. The van der Waals surface area contributed by atoms with E-state index >= 15 is 0 Å². The first kappa shape index (κ1) is 18.2. The van der Waals surface area contributed by atoms with Crippen molar-refractivity contribution in [2.45, 2.75) is 32.7 Å². The number of carbonyl (C=O) groups excluding carboxylic acids is 2. The van der Waals surface area contributed by atoms with Gasteiger partial charge >= 0.3 is 0 Å². The summed E-state index contributed by atoms with van der Waals surface area (Å²) in [6.45, 7) is 4.63. The molecule has 1 aliphatic heterocycles. The van der Waals surface area contributed by atoms with Gasteiger partial charge in [0, 0.05) is 24.2 Å². The van der Waals surface area contributed by atoms with E-state index in [-0.39, 0.29) is 17.9 Å². The fourth-order valence-electron chi connectivity index (χ4n) is 3.77. The largest absolute Gasteiger partial charge is 0.381 e. The van der Waals surface area contributed by atoms with Crippen molar-refractivity contribution in [3.63, 3.8) is 0 Å². The monoisotopic (exact) mass is 373 g/mol. The van der Waals surface area contributed by atoms with Crippen molar-refractivity contribution in [3.05, 3.63) is 71.4 Å². The van der Waals surface area contributed by atoms with Crippen LogP contribution in [0.4, 0.5) is 5.69 Å². The summed E-state index contributed by atoms with van der Waals surface area (Å²) in [6.07, 6.45) is 3.42. The molecule has 5 nitrogen and oxygen atoms in total. The summed E-state index contributed by atoms with van der Waals surface area (Å²) >= 11 is 0. The number of nitrogens with zero attached hydrogens (tertiary/aromatic N) is 2. The van der Waals surface area contributed by atoms with Crippen LogP contribution in [0.15, 0.2) is 54.7 Å². The van der Waals surface area contributed by atoms with Gasteiger partial charge in [0.2, 0.25) is 0 Å². The van der Waals surface area contributed by atoms with E-state index in [9.17, 15) is 9.59 Å². The first-order chi connectivity index (χ1) is 13.6. The molecular formula is C23H23N3O2. The molecule has 0 bridgehead atoms. The zero-order valence-corrected chi connectivity index (χ0v) is 16.1. The van der Waals surface area contributed by atoms with Gasteiger partial charge in [0.25, 0.3) is 11.8 Å². The number of benzene rings is 2. The summed E-state index contributed by atoms with van der Waals surface area (Å²) in [4.78, 5) is 30.7. The number of pyridine rings is 1. The van der Waals surface area contributed by atoms with Gasteiger partial charge in [-0.3, -0.25) is 19.5 Å². The van der Waals surface area contributed by atoms with E-state index in [4.69, 9.17) is 0 Å². The average molecular weight is 373 g/mol. The number of rotatable bonds is 6. The Morgan fingerprint density at radius 3 is 2.43 bits per heavy atom. The second-order valence-corrected chi connectivity index (χ2v) is 7.32. The molecule has 0 saturated carbocycles. The van der Waals surface area contributed by atoms with Gasteiger partial charge in [-0.05, 0) is 56.5 Å². The van der Waals surface area contributed by atoms with Gasteiger partial charge in [-0.2, -0.15) is 0 Å². The minimum atomic E-state index is -0.185. The summed E-state index contributed by atoms with van der Waals surface area (Å²) in [5, 5.41) is 4.67. The zero-order chi connectivity index (χ0) is 19.7. The molecule has 1 N–H and O–H groups in total. The summed E-state index contributed by atoms with van der Waals surface area (Å²) < 4.78 is 0. The molecule has 28 heavy (non-hydrogen) atoms. The highest BCUT2D eigenvalue weighted by molar-refractivity contribution is 6.21. The summed E-state index contributed by atoms with van der Waals surface area (Å²) in [7, 11) is 0. The number of nitrogens with one attached hydrogen (secondary N) is 1. The summed E-state index contributed by atoms with van der Waals surface area (Å²) in [6, 6.07) is 15.4. The third-order valence-corrected chi connectivity index (χ3v) is 5.29. The number of hydrogen-bond acceptors (Lipinski definition) is 4. The normalized spacial score (nSPS) is 14.4. The Morgan fingerprint density at radius 2 is 1.71 bits per heavy atom. The zero-order valence-electron chi connectivity index (χ0n) is 16.1. The van der Waals surface area contributed by atoms with Crippen molar-refractivity contribution in [1.82, 2.24) is 9.88 Å². The Morgan fingerprint density at radius 1 is 1.00 bits per heavy atom. The van der Waals surface area contributed by atoms with Crippen LogP contribution in [0, 0.1) is 6.92 Å². The van der Waals surface area contributed by atoms with Gasteiger partial charge in [0.1, 0.15) is 0 Å². The lowest BCUT2D eigenvalue weighted by Crippen LogP contribution is -2.31. The third kappa shape index (κ3) is 3.24. The van der Waals surface area contributed by atoms with Crippen molar-refractivity contribution in [2.24, 2.45) is 0 Å². The number of hydrogen-bond donors (Lipinski definition) is 1. The molecule has 4 rings (SSSR count). The number of para-hydroxylation sites is 1. The number of anilines is 1. The van der Waals surface area contributed by atoms with Crippen LogP contribution in [0.25, 0.3) is 10.9 Å². The Balaban J connectivity index is 1.37. The molecule has 3 aromatic rings. The highest BCUT2D eigenvalue weighted by Crippen LogP contribution is 2.25. The van der Waals surface area contributed by atoms with Crippen LogP contribution >= 0.6 is 0 Å². The van der Waals surface area contributed by atoms with Gasteiger partial charge in [-0.15, -0.1) is 0 Å². The number of amides is 2. The van der Waals surface area contributed by atoms with E-state index in [2.05, 4.69) is 30.2 Å². The molecule has 1 unspecified atom stereocenters. The van der Waals surface area contributed by atoms with Gasteiger partial charge in [-0.1, -0.05) is 24.3 Å². The maximum Gasteiger partial charge on any atom is 0.261 e. The average Bonchev–Trinajstić information content (AvgIpc) is 2.94. The van der Waals surface area contributed by atoms with Crippen LogP contribution in [-0.2, 0) is 0 Å². The number of aromatic nitrogens is 1. The minimum absolute atomic E-state index is 0.185. The maximum atomic E-state index is 12.4. The van der Waals surface area contributed by atoms with Crippen LogP contribution in [0.2, 0.25) is 0 Å². The van der Waals surface area contributed by atoms with Crippen LogP contribution in [-0.4, -0.2) is 34.3 Å². The van der Waals surface area contributed by atoms with Gasteiger partial charge in [0.05, 0.1) is 22.3 Å². The standard InChI is InChI=1S/C23H23N3O2/c1-15-12-13-24-21-17(15)10-5-11-20(21)25-16(2)7-6-14-26-22(27)18-8-3-4-9-19(18)23(26)28/h3-5,8-13,16,25H,6-7,14H2,1-2H3. The highest BCUT2D eigenvalue weighted by atomic mass is 16.2. The quantitative estimate of drug-likeness (QED) is 0.650. The molecule has 0 spiro atoms. The fraction of sp³-hybridized carbons (Fsp3) is 0.261. The van der Waals surface area contributed by atoms with Crippen LogP contribution in [0.5, 0.6) is 0 Å². The molecule has 1 atom stereocenters. The lowest BCUT2D eigenvalue weighted by Gasteiger charge is -2.19. The Kier molecular flexibility index (Phi) is 4.82. The number of imide groups is 1. The predicted octanol–water partition coefficient (Wildman–Crippen LogP) is 4.42. The Bertz CT molecular complexity index is 1030.